The van der Waals surface area contributed by atoms with Crippen LogP contribution >= 0.6 is 0 Å². The lowest BCUT2D eigenvalue weighted by Gasteiger charge is -2.14. The highest BCUT2D eigenvalue weighted by Crippen LogP contribution is 2.18. The minimum absolute atomic E-state index is 0.00963. The van der Waals surface area contributed by atoms with E-state index in [0.717, 1.165) is 12.8 Å². The molecule has 1 rings (SSSR count). The van der Waals surface area contributed by atoms with E-state index in [4.69, 9.17) is 5.26 Å². The SMILES string of the molecule is CC(C#N)NC(C)C(=O)NC1CC1. The van der Waals surface area contributed by atoms with E-state index < -0.39 is 0 Å². The lowest BCUT2D eigenvalue weighted by Crippen LogP contribution is -2.45. The van der Waals surface area contributed by atoms with Gasteiger partial charge >= 0.3 is 0 Å². The van der Waals surface area contributed by atoms with Crippen molar-refractivity contribution in [2.24, 2.45) is 0 Å². The van der Waals surface area contributed by atoms with Crippen LogP contribution < -0.4 is 10.6 Å². The molecule has 1 amide bonds. The summed E-state index contributed by atoms with van der Waals surface area (Å²) in [6.45, 7) is 3.51. The smallest absolute Gasteiger partial charge is 0.237 e. The maximum absolute atomic E-state index is 11.4. The van der Waals surface area contributed by atoms with Crippen LogP contribution in [0.3, 0.4) is 0 Å². The van der Waals surface area contributed by atoms with E-state index in [9.17, 15) is 4.79 Å². The zero-order chi connectivity index (χ0) is 9.84. The van der Waals surface area contributed by atoms with Gasteiger partial charge in [0.15, 0.2) is 0 Å². The van der Waals surface area contributed by atoms with Gasteiger partial charge < -0.3 is 5.32 Å². The Bertz CT molecular complexity index is 230. The number of hydrogen-bond acceptors (Lipinski definition) is 3. The van der Waals surface area contributed by atoms with Gasteiger partial charge in [-0.3, -0.25) is 10.1 Å². The number of nitriles is 1. The average molecular weight is 181 g/mol. The summed E-state index contributed by atoms with van der Waals surface area (Å²) in [5.74, 6) is -0.00963. The molecule has 0 saturated heterocycles. The molecule has 0 bridgehead atoms. The monoisotopic (exact) mass is 181 g/mol. The third-order valence-corrected chi connectivity index (χ3v) is 2.01. The van der Waals surface area contributed by atoms with Crippen molar-refractivity contribution in [3.8, 4) is 6.07 Å². The Labute approximate surface area is 78.3 Å². The molecule has 1 aliphatic carbocycles. The fourth-order valence-electron chi connectivity index (χ4n) is 1.04. The summed E-state index contributed by atoms with van der Waals surface area (Å²) in [4.78, 5) is 11.4. The first-order valence-corrected chi connectivity index (χ1v) is 4.59. The van der Waals surface area contributed by atoms with Crippen LogP contribution in [0.15, 0.2) is 0 Å². The van der Waals surface area contributed by atoms with Gasteiger partial charge in [-0.25, -0.2) is 0 Å². The summed E-state index contributed by atoms with van der Waals surface area (Å²) in [6.07, 6.45) is 2.18. The van der Waals surface area contributed by atoms with Crippen molar-refractivity contribution in [2.75, 3.05) is 0 Å². The highest BCUT2D eigenvalue weighted by atomic mass is 16.2. The van der Waals surface area contributed by atoms with Crippen molar-refractivity contribution < 1.29 is 4.79 Å². The maximum atomic E-state index is 11.4. The molecular formula is C9H15N3O. The molecule has 1 fully saturated rings. The Morgan fingerprint density at radius 3 is 2.62 bits per heavy atom. The van der Waals surface area contributed by atoms with Gasteiger partial charge in [0.2, 0.25) is 5.91 Å². The van der Waals surface area contributed by atoms with E-state index in [-0.39, 0.29) is 18.0 Å². The molecule has 0 heterocycles. The van der Waals surface area contributed by atoms with Crippen molar-refractivity contribution in [2.45, 2.75) is 44.8 Å². The number of rotatable bonds is 4. The summed E-state index contributed by atoms with van der Waals surface area (Å²) in [5.41, 5.74) is 0. The molecule has 0 aromatic heterocycles. The van der Waals surface area contributed by atoms with Gasteiger partial charge in [-0.15, -0.1) is 0 Å². The predicted molar refractivity (Wildman–Crippen MR) is 48.8 cm³/mol. The topological polar surface area (TPSA) is 64.9 Å². The summed E-state index contributed by atoms with van der Waals surface area (Å²) < 4.78 is 0. The summed E-state index contributed by atoms with van der Waals surface area (Å²) in [5, 5.41) is 14.3. The van der Waals surface area contributed by atoms with Gasteiger partial charge in [-0.2, -0.15) is 5.26 Å². The fourth-order valence-corrected chi connectivity index (χ4v) is 1.04. The third-order valence-electron chi connectivity index (χ3n) is 2.01. The highest BCUT2D eigenvalue weighted by Gasteiger charge is 2.25. The molecule has 0 spiro atoms. The molecule has 2 atom stereocenters. The second kappa shape index (κ2) is 4.24. The zero-order valence-electron chi connectivity index (χ0n) is 8.00. The van der Waals surface area contributed by atoms with Gasteiger partial charge in [0, 0.05) is 6.04 Å². The highest BCUT2D eigenvalue weighted by molar-refractivity contribution is 5.81. The molecule has 0 radical (unpaired) electrons. The molecule has 72 valence electrons. The molecule has 0 aromatic rings. The van der Waals surface area contributed by atoms with Crippen LogP contribution in [0.2, 0.25) is 0 Å². The van der Waals surface area contributed by atoms with Crippen molar-refractivity contribution in [1.29, 1.82) is 5.26 Å². The van der Waals surface area contributed by atoms with Gasteiger partial charge in [-0.05, 0) is 26.7 Å². The molecule has 2 unspecified atom stereocenters. The van der Waals surface area contributed by atoms with Crippen LogP contribution in [0.5, 0.6) is 0 Å². The first kappa shape index (κ1) is 10.0. The van der Waals surface area contributed by atoms with Crippen LogP contribution in [-0.4, -0.2) is 24.0 Å². The predicted octanol–water partition coefficient (Wildman–Crippen LogP) is 0.155. The third kappa shape index (κ3) is 3.43. The first-order valence-electron chi connectivity index (χ1n) is 4.59. The second-order valence-electron chi connectivity index (χ2n) is 3.52. The molecular weight excluding hydrogens is 166 g/mol. The Hall–Kier alpha value is -1.08. The number of nitrogens with one attached hydrogen (secondary N) is 2. The minimum atomic E-state index is -0.282. The number of hydrogen-bond donors (Lipinski definition) is 2. The lowest BCUT2D eigenvalue weighted by molar-refractivity contribution is -0.123. The Morgan fingerprint density at radius 2 is 2.15 bits per heavy atom. The zero-order valence-corrected chi connectivity index (χ0v) is 8.00. The summed E-state index contributed by atoms with van der Waals surface area (Å²) in [6, 6.07) is 1.85. The largest absolute Gasteiger partial charge is 0.352 e. The molecule has 4 nitrogen and oxygen atoms in total. The van der Waals surface area contributed by atoms with Crippen molar-refractivity contribution in [3.05, 3.63) is 0 Å². The lowest BCUT2D eigenvalue weighted by atomic mass is 10.2. The second-order valence-corrected chi connectivity index (χ2v) is 3.52. The number of carbonyl (C=O) groups excluding carboxylic acids is 1. The molecule has 2 N–H and O–H groups in total. The molecule has 4 heteroatoms. The van der Waals surface area contributed by atoms with Crippen LogP contribution in [0.1, 0.15) is 26.7 Å². The number of carbonyl (C=O) groups is 1. The van der Waals surface area contributed by atoms with Crippen LogP contribution in [0, 0.1) is 11.3 Å². The molecule has 1 aliphatic rings. The van der Waals surface area contributed by atoms with E-state index in [1.54, 1.807) is 13.8 Å². The van der Waals surface area contributed by atoms with Gasteiger partial charge in [0.1, 0.15) is 0 Å². The van der Waals surface area contributed by atoms with E-state index in [1.165, 1.54) is 0 Å². The van der Waals surface area contributed by atoms with E-state index in [2.05, 4.69) is 10.6 Å². The summed E-state index contributed by atoms with van der Waals surface area (Å²) >= 11 is 0. The fraction of sp³-hybridized carbons (Fsp3) is 0.778. The standard InChI is InChI=1S/C9H15N3O/c1-6(5-10)11-7(2)9(13)12-8-3-4-8/h6-8,11H,3-4H2,1-2H3,(H,12,13). The van der Waals surface area contributed by atoms with Gasteiger partial charge in [0.25, 0.3) is 0 Å². The Morgan fingerprint density at radius 1 is 1.54 bits per heavy atom. The minimum Gasteiger partial charge on any atom is -0.352 e. The normalized spacial score (nSPS) is 20.1. The quantitative estimate of drug-likeness (QED) is 0.649. The Balaban J connectivity index is 2.24. The molecule has 0 aromatic carbocycles. The van der Waals surface area contributed by atoms with E-state index in [0.29, 0.717) is 6.04 Å². The number of nitrogens with zero attached hydrogens (tertiary/aromatic N) is 1. The van der Waals surface area contributed by atoms with E-state index in [1.807, 2.05) is 6.07 Å². The first-order chi connectivity index (χ1) is 6.13. The average Bonchev–Trinajstić information content (AvgIpc) is 2.87. The molecule has 1 saturated carbocycles. The van der Waals surface area contributed by atoms with E-state index >= 15 is 0 Å². The van der Waals surface area contributed by atoms with Crippen molar-refractivity contribution in [1.82, 2.24) is 10.6 Å². The van der Waals surface area contributed by atoms with Crippen molar-refractivity contribution in [3.63, 3.8) is 0 Å². The summed E-state index contributed by atoms with van der Waals surface area (Å²) in [7, 11) is 0. The van der Waals surface area contributed by atoms with Gasteiger partial charge in [-0.1, -0.05) is 0 Å². The Kier molecular flexibility index (Phi) is 3.26. The number of amides is 1. The van der Waals surface area contributed by atoms with Crippen LogP contribution in [0.25, 0.3) is 0 Å². The molecule has 0 aliphatic heterocycles. The van der Waals surface area contributed by atoms with Gasteiger partial charge in [0.05, 0.1) is 18.2 Å². The van der Waals surface area contributed by atoms with Crippen molar-refractivity contribution >= 4 is 5.91 Å². The van der Waals surface area contributed by atoms with Crippen LogP contribution in [-0.2, 0) is 4.79 Å². The van der Waals surface area contributed by atoms with Crippen LogP contribution in [0.4, 0.5) is 0 Å². The molecule has 13 heavy (non-hydrogen) atoms. The maximum Gasteiger partial charge on any atom is 0.237 e.